The molecule has 0 bridgehead atoms. The van der Waals surface area contributed by atoms with Crippen molar-refractivity contribution >= 4 is 17.2 Å². The Morgan fingerprint density at radius 3 is 2.79 bits per heavy atom. The summed E-state index contributed by atoms with van der Waals surface area (Å²) in [6.45, 7) is 6.10. The first-order valence-electron chi connectivity index (χ1n) is 6.63. The van der Waals surface area contributed by atoms with Gasteiger partial charge in [-0.25, -0.2) is 0 Å². The van der Waals surface area contributed by atoms with E-state index >= 15 is 0 Å². The van der Waals surface area contributed by atoms with Gasteiger partial charge < -0.3 is 15.8 Å². The van der Waals surface area contributed by atoms with Gasteiger partial charge in [-0.1, -0.05) is 25.4 Å². The monoisotopic (exact) mass is 283 g/mol. The molecule has 0 spiro atoms. The van der Waals surface area contributed by atoms with E-state index in [4.69, 9.17) is 10.9 Å². The predicted molar refractivity (Wildman–Crippen MR) is 81.7 cm³/mol. The Balaban J connectivity index is 2.20. The van der Waals surface area contributed by atoms with Crippen molar-refractivity contribution in [1.29, 1.82) is 0 Å². The molecular formula is C14H25N3OS. The summed E-state index contributed by atoms with van der Waals surface area (Å²) >= 11 is 1.74. The number of oxime groups is 1. The Morgan fingerprint density at radius 1 is 1.47 bits per heavy atom. The molecule has 1 rings (SSSR count). The van der Waals surface area contributed by atoms with Crippen LogP contribution < -0.4 is 5.73 Å². The number of hydrogen-bond acceptors (Lipinski definition) is 4. The van der Waals surface area contributed by atoms with Crippen LogP contribution >= 0.6 is 11.3 Å². The Kier molecular flexibility index (Phi) is 6.31. The minimum absolute atomic E-state index is 0.222. The first-order chi connectivity index (χ1) is 8.95. The van der Waals surface area contributed by atoms with Crippen LogP contribution in [-0.2, 0) is 6.54 Å². The number of hydrogen-bond donors (Lipinski definition) is 2. The van der Waals surface area contributed by atoms with Gasteiger partial charge in [0, 0.05) is 12.0 Å². The molecule has 108 valence electrons. The number of unbranched alkanes of at least 4 members (excludes halogenated alkanes) is 1. The number of nitrogens with two attached hydrogens (primary N) is 1. The van der Waals surface area contributed by atoms with Gasteiger partial charge in [-0.05, 0) is 48.8 Å². The zero-order valence-corrected chi connectivity index (χ0v) is 12.9. The first-order valence-corrected chi connectivity index (χ1v) is 7.57. The minimum atomic E-state index is -0.222. The average molecular weight is 283 g/mol. The van der Waals surface area contributed by atoms with Crippen LogP contribution in [0.1, 0.15) is 38.7 Å². The number of thiophene rings is 1. The molecule has 1 aromatic rings. The van der Waals surface area contributed by atoms with Gasteiger partial charge in [-0.15, -0.1) is 0 Å². The normalized spacial score (nSPS) is 13.2. The smallest absolute Gasteiger partial charge is 0.144 e. The molecule has 0 radical (unpaired) electrons. The van der Waals surface area contributed by atoms with Crippen molar-refractivity contribution in [3.63, 3.8) is 0 Å². The molecule has 0 aromatic carbocycles. The summed E-state index contributed by atoms with van der Waals surface area (Å²) in [4.78, 5) is 2.33. The highest BCUT2D eigenvalue weighted by Gasteiger charge is 2.22. The van der Waals surface area contributed by atoms with Crippen molar-refractivity contribution in [3.05, 3.63) is 22.4 Å². The van der Waals surface area contributed by atoms with Crippen molar-refractivity contribution < 1.29 is 5.21 Å². The van der Waals surface area contributed by atoms with Gasteiger partial charge in [0.25, 0.3) is 0 Å². The predicted octanol–water partition coefficient (Wildman–Crippen LogP) is 3.12. The van der Waals surface area contributed by atoms with E-state index in [9.17, 15) is 0 Å². The highest BCUT2D eigenvalue weighted by molar-refractivity contribution is 7.07. The van der Waals surface area contributed by atoms with E-state index in [0.717, 1.165) is 32.4 Å². The SMILES string of the molecule is CN(CCCCC(C)(C)/C(N)=N/O)Cc1ccsc1. The van der Waals surface area contributed by atoms with Crippen molar-refractivity contribution in [2.24, 2.45) is 16.3 Å². The van der Waals surface area contributed by atoms with Crippen LogP contribution in [0.5, 0.6) is 0 Å². The van der Waals surface area contributed by atoms with Crippen LogP contribution in [0.4, 0.5) is 0 Å². The number of rotatable bonds is 8. The van der Waals surface area contributed by atoms with Gasteiger partial charge in [0.1, 0.15) is 5.84 Å². The van der Waals surface area contributed by atoms with E-state index in [0.29, 0.717) is 5.84 Å². The molecule has 0 atom stereocenters. The first kappa shape index (κ1) is 16.0. The molecule has 1 heterocycles. The lowest BCUT2D eigenvalue weighted by atomic mass is 9.86. The lowest BCUT2D eigenvalue weighted by Crippen LogP contribution is -2.32. The molecule has 0 aliphatic rings. The molecule has 0 fully saturated rings. The van der Waals surface area contributed by atoms with E-state index < -0.39 is 0 Å². The zero-order valence-electron chi connectivity index (χ0n) is 12.1. The summed E-state index contributed by atoms with van der Waals surface area (Å²) in [6.07, 6.45) is 3.15. The van der Waals surface area contributed by atoms with Gasteiger partial charge in [-0.3, -0.25) is 0 Å². The molecule has 3 N–H and O–H groups in total. The second kappa shape index (κ2) is 7.50. The van der Waals surface area contributed by atoms with E-state index in [1.54, 1.807) is 11.3 Å². The fourth-order valence-electron chi connectivity index (χ4n) is 1.99. The highest BCUT2D eigenvalue weighted by Crippen LogP contribution is 2.23. The summed E-state index contributed by atoms with van der Waals surface area (Å²) in [5.41, 5.74) is 6.83. The summed E-state index contributed by atoms with van der Waals surface area (Å²) in [5, 5.41) is 16.1. The van der Waals surface area contributed by atoms with Gasteiger partial charge in [-0.2, -0.15) is 11.3 Å². The third-order valence-electron chi connectivity index (χ3n) is 3.43. The van der Waals surface area contributed by atoms with Crippen LogP contribution in [0.2, 0.25) is 0 Å². The highest BCUT2D eigenvalue weighted by atomic mass is 32.1. The molecule has 0 amide bonds. The third kappa shape index (κ3) is 5.61. The van der Waals surface area contributed by atoms with Crippen LogP contribution in [0.3, 0.4) is 0 Å². The summed E-state index contributed by atoms with van der Waals surface area (Å²) in [6, 6.07) is 2.17. The maximum atomic E-state index is 8.71. The maximum absolute atomic E-state index is 8.71. The Bertz CT molecular complexity index is 387. The largest absolute Gasteiger partial charge is 0.409 e. The topological polar surface area (TPSA) is 61.8 Å². The Labute approximate surface area is 119 Å². The van der Waals surface area contributed by atoms with Crippen LogP contribution in [0.25, 0.3) is 0 Å². The van der Waals surface area contributed by atoms with E-state index in [2.05, 4.69) is 33.9 Å². The van der Waals surface area contributed by atoms with Crippen LogP contribution in [-0.4, -0.2) is 29.5 Å². The summed E-state index contributed by atoms with van der Waals surface area (Å²) < 4.78 is 0. The lowest BCUT2D eigenvalue weighted by molar-refractivity contribution is 0.295. The van der Waals surface area contributed by atoms with E-state index in [1.165, 1.54) is 5.56 Å². The quantitative estimate of drug-likeness (QED) is 0.253. The summed E-state index contributed by atoms with van der Waals surface area (Å²) in [5.74, 6) is 0.319. The Morgan fingerprint density at radius 2 is 2.21 bits per heavy atom. The minimum Gasteiger partial charge on any atom is -0.409 e. The second-order valence-electron chi connectivity index (χ2n) is 5.70. The molecule has 19 heavy (non-hydrogen) atoms. The fraction of sp³-hybridized carbons (Fsp3) is 0.643. The third-order valence-corrected chi connectivity index (χ3v) is 4.16. The van der Waals surface area contributed by atoms with Crippen molar-refractivity contribution in [3.8, 4) is 0 Å². The number of amidine groups is 1. The molecular weight excluding hydrogens is 258 g/mol. The van der Waals surface area contributed by atoms with Crippen LogP contribution in [0, 0.1) is 5.41 Å². The van der Waals surface area contributed by atoms with E-state index in [1.807, 2.05) is 13.8 Å². The van der Waals surface area contributed by atoms with Gasteiger partial charge in [0.2, 0.25) is 0 Å². The van der Waals surface area contributed by atoms with Crippen LogP contribution in [0.15, 0.2) is 22.0 Å². The molecule has 0 saturated carbocycles. The molecule has 0 aliphatic carbocycles. The molecule has 5 heteroatoms. The molecule has 0 saturated heterocycles. The number of nitrogens with zero attached hydrogens (tertiary/aromatic N) is 2. The molecule has 4 nitrogen and oxygen atoms in total. The van der Waals surface area contributed by atoms with Crippen molar-refractivity contribution in [2.45, 2.75) is 39.7 Å². The van der Waals surface area contributed by atoms with Gasteiger partial charge in [0.05, 0.1) is 0 Å². The molecule has 1 aromatic heterocycles. The Hall–Kier alpha value is -1.07. The second-order valence-corrected chi connectivity index (χ2v) is 6.48. The standard InChI is InChI=1S/C14H25N3OS/c1-14(2,13(15)16-18)7-4-5-8-17(3)10-12-6-9-19-11-12/h6,9,11,18H,4-5,7-8,10H2,1-3H3,(H2,15,16). The maximum Gasteiger partial charge on any atom is 0.144 e. The van der Waals surface area contributed by atoms with Crippen molar-refractivity contribution in [1.82, 2.24) is 4.90 Å². The average Bonchev–Trinajstić information content (AvgIpc) is 2.86. The van der Waals surface area contributed by atoms with E-state index in [-0.39, 0.29) is 5.41 Å². The van der Waals surface area contributed by atoms with Crippen molar-refractivity contribution in [2.75, 3.05) is 13.6 Å². The fourth-order valence-corrected chi connectivity index (χ4v) is 2.65. The lowest BCUT2D eigenvalue weighted by Gasteiger charge is -2.23. The van der Waals surface area contributed by atoms with Gasteiger partial charge in [0.15, 0.2) is 0 Å². The molecule has 0 aliphatic heterocycles. The summed E-state index contributed by atoms with van der Waals surface area (Å²) in [7, 11) is 2.15. The van der Waals surface area contributed by atoms with Gasteiger partial charge >= 0.3 is 0 Å². The molecule has 0 unspecified atom stereocenters. The zero-order chi connectivity index (χ0) is 14.3.